The summed E-state index contributed by atoms with van der Waals surface area (Å²) in [6.45, 7) is 0. The van der Waals surface area contributed by atoms with E-state index in [1.54, 1.807) is 6.08 Å². The van der Waals surface area contributed by atoms with Gasteiger partial charge < -0.3 is 4.74 Å². The average molecular weight is 347 g/mol. The lowest BCUT2D eigenvalue weighted by Gasteiger charge is -2.33. The van der Waals surface area contributed by atoms with Gasteiger partial charge in [-0.05, 0) is 36.5 Å². The lowest BCUT2D eigenvalue weighted by Crippen LogP contribution is -2.38. The minimum absolute atomic E-state index is 0.240. The smallest absolute Gasteiger partial charge is 0.421 e. The number of methoxy groups -OCH3 is 1. The number of sulfone groups is 1. The molecule has 2 bridgehead atoms. The summed E-state index contributed by atoms with van der Waals surface area (Å²) in [6, 6.07) is 0.991. The van der Waals surface area contributed by atoms with Crippen molar-refractivity contribution in [2.24, 2.45) is 0 Å². The number of halogens is 3. The van der Waals surface area contributed by atoms with Crippen LogP contribution in [0.2, 0.25) is 0 Å². The Morgan fingerprint density at radius 2 is 2.04 bits per heavy atom. The fraction of sp³-hybridized carbons (Fsp3) is 0.533. The van der Waals surface area contributed by atoms with Gasteiger partial charge in [0.1, 0.15) is 5.56 Å². The number of ether oxygens (including phenoxy) is 1. The van der Waals surface area contributed by atoms with Crippen LogP contribution in [-0.2, 0) is 16.0 Å². The standard InChI is InChI=1S/C15H16F3NO3S/c1-22-14-13(15(16,17)18)7-10(8-19-14)9-5-11-3-2-4-12(6-9)23(11,20)21/h5,7-8,11-12H,2-4,6H2,1H3. The molecule has 1 aromatic rings. The van der Waals surface area contributed by atoms with Gasteiger partial charge in [-0.2, -0.15) is 13.2 Å². The van der Waals surface area contributed by atoms with Crippen molar-refractivity contribution in [1.29, 1.82) is 0 Å². The Morgan fingerprint density at radius 1 is 1.30 bits per heavy atom. The molecule has 3 heterocycles. The fourth-order valence-corrected chi connectivity index (χ4v) is 5.51. The zero-order valence-corrected chi connectivity index (χ0v) is 13.2. The molecule has 0 aromatic carbocycles. The third-order valence-electron chi connectivity index (χ3n) is 4.46. The molecule has 2 unspecified atom stereocenters. The Bertz CT molecular complexity index is 756. The van der Waals surface area contributed by atoms with Gasteiger partial charge in [0, 0.05) is 6.20 Å². The Labute approximate surface area is 132 Å². The highest BCUT2D eigenvalue weighted by atomic mass is 32.2. The first kappa shape index (κ1) is 16.3. The van der Waals surface area contributed by atoms with Crippen LogP contribution in [0, 0.1) is 0 Å². The van der Waals surface area contributed by atoms with Gasteiger partial charge >= 0.3 is 6.18 Å². The number of allylic oxidation sites excluding steroid dienone is 1. The van der Waals surface area contributed by atoms with E-state index < -0.39 is 38.0 Å². The van der Waals surface area contributed by atoms with Gasteiger partial charge in [0.2, 0.25) is 5.88 Å². The third kappa shape index (κ3) is 2.84. The molecule has 23 heavy (non-hydrogen) atoms. The van der Waals surface area contributed by atoms with Gasteiger partial charge in [-0.25, -0.2) is 13.4 Å². The monoisotopic (exact) mass is 347 g/mol. The van der Waals surface area contributed by atoms with Gasteiger partial charge in [-0.3, -0.25) is 0 Å². The zero-order chi connectivity index (χ0) is 16.8. The highest BCUT2D eigenvalue weighted by molar-refractivity contribution is 7.93. The summed E-state index contributed by atoms with van der Waals surface area (Å²) in [4.78, 5) is 3.74. The number of rotatable bonds is 2. The number of aromatic nitrogens is 1. The topological polar surface area (TPSA) is 56.3 Å². The average Bonchev–Trinajstić information content (AvgIpc) is 2.44. The van der Waals surface area contributed by atoms with Crippen molar-refractivity contribution < 1.29 is 26.3 Å². The quantitative estimate of drug-likeness (QED) is 0.824. The summed E-state index contributed by atoms with van der Waals surface area (Å²) in [7, 11) is -2.07. The maximum Gasteiger partial charge on any atom is 0.421 e. The number of pyridine rings is 1. The van der Waals surface area contributed by atoms with E-state index in [1.165, 1.54) is 6.20 Å². The van der Waals surface area contributed by atoms with Crippen LogP contribution in [-0.4, -0.2) is 31.0 Å². The Morgan fingerprint density at radius 3 is 2.65 bits per heavy atom. The van der Waals surface area contributed by atoms with Crippen LogP contribution in [0.25, 0.3) is 5.57 Å². The third-order valence-corrected chi connectivity index (χ3v) is 7.00. The van der Waals surface area contributed by atoms with Crippen LogP contribution in [0.1, 0.15) is 36.8 Å². The molecule has 8 heteroatoms. The molecule has 2 atom stereocenters. The highest BCUT2D eigenvalue weighted by Gasteiger charge is 2.41. The SMILES string of the molecule is COc1ncc(C2=CC3CCCC(C2)S3(=O)=O)cc1C(F)(F)F. The molecular formula is C15H16F3NO3S. The van der Waals surface area contributed by atoms with E-state index in [2.05, 4.69) is 9.72 Å². The van der Waals surface area contributed by atoms with E-state index in [0.717, 1.165) is 19.6 Å². The lowest BCUT2D eigenvalue weighted by atomic mass is 9.93. The Balaban J connectivity index is 2.05. The van der Waals surface area contributed by atoms with Crippen molar-refractivity contribution in [1.82, 2.24) is 4.98 Å². The summed E-state index contributed by atoms with van der Waals surface area (Å²) in [5, 5.41) is -1.10. The number of hydrogen-bond donors (Lipinski definition) is 0. The number of hydrogen-bond acceptors (Lipinski definition) is 4. The first-order valence-electron chi connectivity index (χ1n) is 7.28. The minimum Gasteiger partial charge on any atom is -0.481 e. The minimum atomic E-state index is -4.58. The zero-order valence-electron chi connectivity index (χ0n) is 12.4. The van der Waals surface area contributed by atoms with Crippen molar-refractivity contribution in [2.75, 3.05) is 7.11 Å². The summed E-state index contributed by atoms with van der Waals surface area (Å²) < 4.78 is 68.5. The molecule has 0 spiro atoms. The van der Waals surface area contributed by atoms with Crippen LogP contribution in [0.4, 0.5) is 13.2 Å². The first-order chi connectivity index (χ1) is 10.7. The van der Waals surface area contributed by atoms with Crippen LogP contribution in [0.3, 0.4) is 0 Å². The van der Waals surface area contributed by atoms with Gasteiger partial charge in [0.05, 0.1) is 17.6 Å². The van der Waals surface area contributed by atoms with Gasteiger partial charge in [0.25, 0.3) is 0 Å². The normalized spacial score (nSPS) is 26.5. The number of fused-ring (bicyclic) bond motifs is 2. The van der Waals surface area contributed by atoms with E-state index in [0.29, 0.717) is 24.0 Å². The maximum atomic E-state index is 13.1. The van der Waals surface area contributed by atoms with Crippen LogP contribution in [0.5, 0.6) is 5.88 Å². The molecule has 2 aliphatic rings. The molecule has 3 rings (SSSR count). The van der Waals surface area contributed by atoms with Crippen LogP contribution < -0.4 is 4.74 Å². The van der Waals surface area contributed by atoms with Crippen molar-refractivity contribution in [2.45, 2.75) is 42.4 Å². The molecule has 0 saturated carbocycles. The van der Waals surface area contributed by atoms with Gasteiger partial charge in [0.15, 0.2) is 9.84 Å². The molecule has 1 fully saturated rings. The molecule has 0 N–H and O–H groups in total. The molecule has 4 nitrogen and oxygen atoms in total. The number of alkyl halides is 3. The lowest BCUT2D eigenvalue weighted by molar-refractivity contribution is -0.139. The highest BCUT2D eigenvalue weighted by Crippen LogP contribution is 2.41. The maximum absolute atomic E-state index is 13.1. The second kappa shape index (κ2) is 5.51. The molecule has 0 radical (unpaired) electrons. The molecule has 126 valence electrons. The van der Waals surface area contributed by atoms with Crippen LogP contribution in [0.15, 0.2) is 18.3 Å². The molecular weight excluding hydrogens is 331 g/mol. The second-order valence-corrected chi connectivity index (χ2v) is 8.31. The number of nitrogens with zero attached hydrogens (tertiary/aromatic N) is 1. The summed E-state index contributed by atoms with van der Waals surface area (Å²) in [5.74, 6) is -0.481. The predicted octanol–water partition coefficient (Wildman–Crippen LogP) is 3.23. The Hall–Kier alpha value is -1.57. The predicted molar refractivity (Wildman–Crippen MR) is 78.7 cm³/mol. The van der Waals surface area contributed by atoms with Crippen molar-refractivity contribution in [3.63, 3.8) is 0 Å². The van der Waals surface area contributed by atoms with Gasteiger partial charge in [-0.15, -0.1) is 0 Å². The van der Waals surface area contributed by atoms with E-state index >= 15 is 0 Å². The summed E-state index contributed by atoms with van der Waals surface area (Å²) in [5.41, 5.74) is -0.0166. The first-order valence-corrected chi connectivity index (χ1v) is 8.89. The summed E-state index contributed by atoms with van der Waals surface area (Å²) in [6.07, 6.45) is 0.481. The largest absolute Gasteiger partial charge is 0.481 e. The van der Waals surface area contributed by atoms with E-state index in [1.807, 2.05) is 0 Å². The molecule has 0 amide bonds. The fourth-order valence-electron chi connectivity index (χ4n) is 3.26. The van der Waals surface area contributed by atoms with Crippen molar-refractivity contribution in [3.05, 3.63) is 29.5 Å². The summed E-state index contributed by atoms with van der Waals surface area (Å²) >= 11 is 0. The van der Waals surface area contributed by atoms with Crippen LogP contribution >= 0.6 is 0 Å². The van der Waals surface area contributed by atoms with Crippen molar-refractivity contribution in [3.8, 4) is 5.88 Å². The van der Waals surface area contributed by atoms with E-state index in [9.17, 15) is 21.6 Å². The molecule has 0 aliphatic carbocycles. The van der Waals surface area contributed by atoms with Gasteiger partial charge in [-0.1, -0.05) is 12.5 Å². The second-order valence-electron chi connectivity index (χ2n) is 5.86. The molecule has 1 saturated heterocycles. The Kier molecular flexibility index (Phi) is 3.90. The van der Waals surface area contributed by atoms with E-state index in [4.69, 9.17) is 0 Å². The molecule has 1 aromatic heterocycles. The molecule has 2 aliphatic heterocycles. The van der Waals surface area contributed by atoms with E-state index in [-0.39, 0.29) is 6.42 Å². The van der Waals surface area contributed by atoms with Crippen molar-refractivity contribution >= 4 is 15.4 Å².